The molecule has 1 aromatic rings. The van der Waals surface area contributed by atoms with E-state index in [9.17, 15) is 13.2 Å². The number of likely N-dealkylation sites (N-methyl/N-ethyl adjacent to an activating group) is 1. The summed E-state index contributed by atoms with van der Waals surface area (Å²) in [5, 5.41) is 0. The minimum Gasteiger partial charge on any atom is -0.314 e. The summed E-state index contributed by atoms with van der Waals surface area (Å²) in [6, 6.07) is 4.66. The van der Waals surface area contributed by atoms with Crippen molar-refractivity contribution in [3.05, 3.63) is 23.8 Å². The number of rotatable bonds is 1. The molecule has 3 rings (SSSR count). The Balaban J connectivity index is 2.23. The zero-order chi connectivity index (χ0) is 13.1. The van der Waals surface area contributed by atoms with Crippen LogP contribution in [0.4, 0.5) is 5.69 Å². The summed E-state index contributed by atoms with van der Waals surface area (Å²) in [5.74, 6) is 0.0628. The first kappa shape index (κ1) is 12.0. The molecule has 1 heterocycles. The van der Waals surface area contributed by atoms with E-state index in [1.807, 2.05) is 0 Å². The SMILES string of the molecule is CN1C(=O)C2(CCC2)c2cc(S(=O)(=O)Cl)ccc21. The van der Waals surface area contributed by atoms with Crippen molar-refractivity contribution in [1.82, 2.24) is 0 Å². The number of benzene rings is 1. The molecular formula is C12H12ClNO3S. The third kappa shape index (κ3) is 1.37. The van der Waals surface area contributed by atoms with Crippen LogP contribution in [0.1, 0.15) is 24.8 Å². The van der Waals surface area contributed by atoms with Gasteiger partial charge in [0.05, 0.1) is 10.3 Å². The highest BCUT2D eigenvalue weighted by molar-refractivity contribution is 8.13. The highest BCUT2D eigenvalue weighted by Gasteiger charge is 2.53. The second-order valence-electron chi connectivity index (χ2n) is 4.92. The number of hydrogen-bond acceptors (Lipinski definition) is 3. The number of amides is 1. The normalized spacial score (nSPS) is 21.0. The van der Waals surface area contributed by atoms with Gasteiger partial charge in [-0.05, 0) is 36.6 Å². The van der Waals surface area contributed by atoms with Gasteiger partial charge in [0.15, 0.2) is 0 Å². The summed E-state index contributed by atoms with van der Waals surface area (Å²) in [6.45, 7) is 0. The van der Waals surface area contributed by atoms with Crippen LogP contribution in [-0.2, 0) is 19.3 Å². The first-order valence-electron chi connectivity index (χ1n) is 5.74. The van der Waals surface area contributed by atoms with Crippen LogP contribution in [0.2, 0.25) is 0 Å². The summed E-state index contributed by atoms with van der Waals surface area (Å²) in [7, 11) is 3.34. The van der Waals surface area contributed by atoms with Crippen LogP contribution in [0.5, 0.6) is 0 Å². The highest BCUT2D eigenvalue weighted by Crippen LogP contribution is 2.53. The monoisotopic (exact) mass is 285 g/mol. The van der Waals surface area contributed by atoms with Gasteiger partial charge in [-0.1, -0.05) is 6.42 Å². The van der Waals surface area contributed by atoms with E-state index in [0.717, 1.165) is 30.5 Å². The minimum absolute atomic E-state index is 0.0628. The van der Waals surface area contributed by atoms with E-state index in [0.29, 0.717) is 0 Å². The largest absolute Gasteiger partial charge is 0.314 e. The quantitative estimate of drug-likeness (QED) is 0.742. The average molecular weight is 286 g/mol. The summed E-state index contributed by atoms with van der Waals surface area (Å²) in [6.07, 6.45) is 2.57. The molecule has 1 saturated carbocycles. The zero-order valence-electron chi connectivity index (χ0n) is 9.81. The minimum atomic E-state index is -3.75. The lowest BCUT2D eigenvalue weighted by atomic mass is 9.65. The molecule has 0 aromatic heterocycles. The van der Waals surface area contributed by atoms with Crippen molar-refractivity contribution in [2.24, 2.45) is 0 Å². The van der Waals surface area contributed by atoms with E-state index in [4.69, 9.17) is 10.7 Å². The molecule has 1 aliphatic carbocycles. The van der Waals surface area contributed by atoms with Crippen LogP contribution in [0.3, 0.4) is 0 Å². The molecule has 0 unspecified atom stereocenters. The van der Waals surface area contributed by atoms with Gasteiger partial charge in [-0.2, -0.15) is 0 Å². The van der Waals surface area contributed by atoms with Crippen molar-refractivity contribution in [2.75, 3.05) is 11.9 Å². The molecule has 1 amide bonds. The zero-order valence-corrected chi connectivity index (χ0v) is 11.4. The molecule has 0 saturated heterocycles. The molecule has 1 aromatic carbocycles. The van der Waals surface area contributed by atoms with E-state index in [1.54, 1.807) is 24.1 Å². The molecule has 0 atom stereocenters. The molecule has 0 bridgehead atoms. The molecule has 18 heavy (non-hydrogen) atoms. The molecule has 4 nitrogen and oxygen atoms in total. The van der Waals surface area contributed by atoms with Gasteiger partial charge in [-0.25, -0.2) is 8.42 Å². The molecular weight excluding hydrogens is 274 g/mol. The van der Waals surface area contributed by atoms with E-state index < -0.39 is 14.5 Å². The third-order valence-electron chi connectivity index (χ3n) is 4.05. The van der Waals surface area contributed by atoms with Gasteiger partial charge >= 0.3 is 0 Å². The standard InChI is InChI=1S/C12H12ClNO3S/c1-14-10-4-3-8(18(13,16)17)7-9(10)12(11(14)15)5-2-6-12/h3-4,7H,2,5-6H2,1H3. The molecule has 1 spiro atoms. The molecule has 0 N–H and O–H groups in total. The van der Waals surface area contributed by atoms with Crippen LogP contribution in [0.15, 0.2) is 23.1 Å². The van der Waals surface area contributed by atoms with Crippen molar-refractivity contribution in [3.8, 4) is 0 Å². The number of fused-ring (bicyclic) bond motifs is 2. The van der Waals surface area contributed by atoms with Crippen molar-refractivity contribution >= 4 is 31.3 Å². The van der Waals surface area contributed by atoms with Crippen molar-refractivity contribution < 1.29 is 13.2 Å². The second-order valence-corrected chi connectivity index (χ2v) is 7.48. The van der Waals surface area contributed by atoms with Gasteiger partial charge < -0.3 is 4.90 Å². The average Bonchev–Trinajstić information content (AvgIpc) is 2.46. The lowest BCUT2D eigenvalue weighted by molar-refractivity contribution is -0.125. The van der Waals surface area contributed by atoms with Gasteiger partial charge in [-0.3, -0.25) is 4.79 Å². The highest BCUT2D eigenvalue weighted by atomic mass is 35.7. The summed E-state index contributed by atoms with van der Waals surface area (Å²) >= 11 is 0. The first-order chi connectivity index (χ1) is 8.36. The first-order valence-corrected chi connectivity index (χ1v) is 8.04. The number of nitrogens with zero attached hydrogens (tertiary/aromatic N) is 1. The van der Waals surface area contributed by atoms with Crippen molar-refractivity contribution in [1.29, 1.82) is 0 Å². The summed E-state index contributed by atoms with van der Waals surface area (Å²) < 4.78 is 22.8. The lowest BCUT2D eigenvalue weighted by Crippen LogP contribution is -2.43. The fraction of sp³-hybridized carbons (Fsp3) is 0.417. The fourth-order valence-corrected chi connectivity index (χ4v) is 3.68. The predicted octanol–water partition coefficient (Wildman–Crippen LogP) is 2.01. The van der Waals surface area contributed by atoms with Gasteiger partial charge in [0.2, 0.25) is 5.91 Å². The molecule has 1 fully saturated rings. The number of halogens is 1. The number of carbonyl (C=O) groups is 1. The van der Waals surface area contributed by atoms with E-state index >= 15 is 0 Å². The lowest BCUT2D eigenvalue weighted by Gasteiger charge is -2.36. The van der Waals surface area contributed by atoms with Crippen LogP contribution >= 0.6 is 10.7 Å². The maximum Gasteiger partial charge on any atom is 0.261 e. The fourth-order valence-electron chi connectivity index (χ4n) is 2.90. The van der Waals surface area contributed by atoms with E-state index in [-0.39, 0.29) is 10.8 Å². The van der Waals surface area contributed by atoms with Crippen LogP contribution in [0.25, 0.3) is 0 Å². The Morgan fingerprint density at radius 3 is 2.50 bits per heavy atom. The predicted molar refractivity (Wildman–Crippen MR) is 68.4 cm³/mol. The number of carbonyl (C=O) groups excluding carboxylic acids is 1. The molecule has 1 aliphatic heterocycles. The Labute approximate surface area is 110 Å². The number of hydrogen-bond donors (Lipinski definition) is 0. The summed E-state index contributed by atoms with van der Waals surface area (Å²) in [4.78, 5) is 13.9. The number of anilines is 1. The smallest absolute Gasteiger partial charge is 0.261 e. The topological polar surface area (TPSA) is 54.5 Å². The van der Waals surface area contributed by atoms with Crippen molar-refractivity contribution in [2.45, 2.75) is 29.6 Å². The molecule has 0 radical (unpaired) electrons. The van der Waals surface area contributed by atoms with Crippen LogP contribution in [0, 0.1) is 0 Å². The second kappa shape index (κ2) is 3.48. The molecule has 6 heteroatoms. The molecule has 96 valence electrons. The van der Waals surface area contributed by atoms with Gasteiger partial charge in [0, 0.05) is 23.4 Å². The van der Waals surface area contributed by atoms with Gasteiger partial charge in [0.25, 0.3) is 9.05 Å². The Hall–Kier alpha value is -1.07. The van der Waals surface area contributed by atoms with Crippen LogP contribution in [-0.4, -0.2) is 21.4 Å². The molecule has 2 aliphatic rings. The van der Waals surface area contributed by atoms with E-state index in [1.165, 1.54) is 6.07 Å². The van der Waals surface area contributed by atoms with Gasteiger partial charge in [0.1, 0.15) is 0 Å². The van der Waals surface area contributed by atoms with Crippen molar-refractivity contribution in [3.63, 3.8) is 0 Å². The van der Waals surface area contributed by atoms with Crippen LogP contribution < -0.4 is 4.90 Å². The maximum atomic E-state index is 12.3. The van der Waals surface area contributed by atoms with Gasteiger partial charge in [-0.15, -0.1) is 0 Å². The Morgan fingerprint density at radius 1 is 1.33 bits per heavy atom. The van der Waals surface area contributed by atoms with E-state index in [2.05, 4.69) is 0 Å². The third-order valence-corrected chi connectivity index (χ3v) is 5.40. The summed E-state index contributed by atoms with van der Waals surface area (Å²) in [5.41, 5.74) is 1.11. The Morgan fingerprint density at radius 2 is 2.00 bits per heavy atom. The maximum absolute atomic E-state index is 12.3. The Kier molecular flexibility index (Phi) is 2.32. The Bertz CT molecular complexity index is 649.